The molecule has 212 valence electrons. The summed E-state index contributed by atoms with van der Waals surface area (Å²) >= 11 is 0. The second-order valence-electron chi connectivity index (χ2n) is 9.56. The minimum atomic E-state index is -5.08. The van der Waals surface area contributed by atoms with Gasteiger partial charge in [-0.25, -0.2) is 9.59 Å². The molecule has 1 amide bonds. The van der Waals surface area contributed by atoms with E-state index in [0.717, 1.165) is 50.5 Å². The smallest absolute Gasteiger partial charge is 0.490 e. The van der Waals surface area contributed by atoms with E-state index in [9.17, 15) is 18.0 Å². The molecule has 2 bridgehead atoms. The van der Waals surface area contributed by atoms with Crippen molar-refractivity contribution in [1.82, 2.24) is 10.2 Å². The van der Waals surface area contributed by atoms with Gasteiger partial charge in [-0.15, -0.1) is 0 Å². The van der Waals surface area contributed by atoms with Crippen LogP contribution < -0.4 is 15.0 Å². The first-order valence-electron chi connectivity index (χ1n) is 12.8. The zero-order chi connectivity index (χ0) is 27.8. The highest BCUT2D eigenvalue weighted by molar-refractivity contribution is 5.73. The average molecular weight is 552 g/mol. The minimum Gasteiger partial charge on any atom is -0.490 e. The molecule has 3 aliphatic rings. The van der Waals surface area contributed by atoms with E-state index in [-0.39, 0.29) is 12.2 Å². The number of likely N-dealkylation sites (tertiary alicyclic amines) is 1. The van der Waals surface area contributed by atoms with Crippen molar-refractivity contribution in [3.8, 4) is 5.75 Å². The number of piperazine rings is 1. The number of rotatable bonds is 5. The van der Waals surface area contributed by atoms with E-state index in [1.807, 2.05) is 36.4 Å². The largest absolute Gasteiger partial charge is 0.490 e. The van der Waals surface area contributed by atoms with Gasteiger partial charge in [-0.05, 0) is 17.7 Å². The van der Waals surface area contributed by atoms with Crippen molar-refractivity contribution < 1.29 is 42.1 Å². The molecule has 0 saturated carbocycles. The van der Waals surface area contributed by atoms with Crippen LogP contribution in [0.3, 0.4) is 0 Å². The molecule has 2 N–H and O–H groups in total. The number of alkyl halides is 3. The number of morpholine rings is 1. The van der Waals surface area contributed by atoms with Crippen LogP contribution in [0, 0.1) is 0 Å². The fraction of sp³-hybridized carbons (Fsp3) is 0.481. The van der Waals surface area contributed by atoms with Gasteiger partial charge in [-0.3, -0.25) is 0 Å². The molecule has 3 aliphatic heterocycles. The number of amides is 1. The molecule has 2 aromatic carbocycles. The number of carboxylic acid groups (broad SMARTS) is 1. The zero-order valence-corrected chi connectivity index (χ0v) is 21.3. The van der Waals surface area contributed by atoms with Crippen molar-refractivity contribution in [3.63, 3.8) is 0 Å². The number of ether oxygens (including phenoxy) is 3. The lowest BCUT2D eigenvalue weighted by Gasteiger charge is -2.47. The highest BCUT2D eigenvalue weighted by Crippen LogP contribution is 2.30. The third kappa shape index (κ3) is 7.99. The number of anilines is 1. The molecule has 0 spiro atoms. The first-order chi connectivity index (χ1) is 18.7. The molecule has 39 heavy (non-hydrogen) atoms. The number of nitrogens with zero attached hydrogens (tertiary/aromatic N) is 2. The number of nitrogens with one attached hydrogen (secondary N) is 1. The predicted molar refractivity (Wildman–Crippen MR) is 136 cm³/mol. The highest BCUT2D eigenvalue weighted by atomic mass is 19.4. The van der Waals surface area contributed by atoms with E-state index in [2.05, 4.69) is 28.4 Å². The molecule has 0 aliphatic carbocycles. The number of aliphatic carboxylic acids is 1. The van der Waals surface area contributed by atoms with E-state index in [1.165, 1.54) is 5.69 Å². The standard InChI is InChI=1S/C25H31N3O4.C2HF3O2/c29-25(31-16-19-5-2-1-3-6-19)27-11-9-23(10-12-27)32-24-8-4-7-20(13-24)28-21-14-26-15-22(28)18-30-17-21;3-2(4,5)1(6)7/h1-8,13,21-23,26H,9-12,14-18H2;(H,6,7)/t21-,22+;. The number of hydrogen-bond acceptors (Lipinski definition) is 7. The zero-order valence-electron chi connectivity index (χ0n) is 21.3. The molecule has 3 heterocycles. The molecule has 3 saturated heterocycles. The summed E-state index contributed by atoms with van der Waals surface area (Å²) in [7, 11) is 0. The Morgan fingerprint density at radius 2 is 1.64 bits per heavy atom. The number of benzene rings is 2. The summed E-state index contributed by atoms with van der Waals surface area (Å²) in [5.74, 6) is -1.86. The van der Waals surface area contributed by atoms with Crippen LogP contribution in [0.15, 0.2) is 54.6 Å². The summed E-state index contributed by atoms with van der Waals surface area (Å²) in [6.07, 6.45) is -3.62. The lowest BCUT2D eigenvalue weighted by molar-refractivity contribution is -0.192. The molecular formula is C27H32F3N3O6. The number of fused-ring (bicyclic) bond motifs is 2. The molecule has 5 rings (SSSR count). The van der Waals surface area contributed by atoms with Gasteiger partial charge >= 0.3 is 18.2 Å². The SMILES string of the molecule is O=C(O)C(F)(F)F.O=C(OCc1ccccc1)N1CCC(Oc2cccc(N3[C@@H]4CNC[C@H]3COC4)c2)CC1. The van der Waals surface area contributed by atoms with Crippen molar-refractivity contribution in [2.75, 3.05) is 44.3 Å². The molecule has 9 nitrogen and oxygen atoms in total. The number of piperidine rings is 1. The van der Waals surface area contributed by atoms with Gasteiger partial charge in [0, 0.05) is 50.8 Å². The van der Waals surface area contributed by atoms with Crippen molar-refractivity contribution in [2.24, 2.45) is 0 Å². The molecule has 0 unspecified atom stereocenters. The number of carbonyl (C=O) groups is 2. The van der Waals surface area contributed by atoms with Crippen LogP contribution in [0.1, 0.15) is 18.4 Å². The second kappa shape index (κ2) is 13.0. The average Bonchev–Trinajstić information content (AvgIpc) is 2.92. The van der Waals surface area contributed by atoms with Crippen LogP contribution in [0.4, 0.5) is 23.7 Å². The fourth-order valence-corrected chi connectivity index (χ4v) is 4.83. The van der Waals surface area contributed by atoms with E-state index >= 15 is 0 Å². The van der Waals surface area contributed by atoms with Gasteiger partial charge in [0.25, 0.3) is 0 Å². The van der Waals surface area contributed by atoms with Gasteiger partial charge in [0.15, 0.2) is 0 Å². The van der Waals surface area contributed by atoms with Crippen LogP contribution in [0.2, 0.25) is 0 Å². The van der Waals surface area contributed by atoms with Crippen LogP contribution in [-0.2, 0) is 20.9 Å². The Morgan fingerprint density at radius 1 is 1.00 bits per heavy atom. The Balaban J connectivity index is 0.000000448. The van der Waals surface area contributed by atoms with Crippen LogP contribution in [0.5, 0.6) is 5.75 Å². The monoisotopic (exact) mass is 551 g/mol. The molecule has 2 aromatic rings. The maximum Gasteiger partial charge on any atom is 0.490 e. The van der Waals surface area contributed by atoms with Gasteiger partial charge in [-0.1, -0.05) is 36.4 Å². The topological polar surface area (TPSA) is 101 Å². The first kappa shape index (κ1) is 28.5. The summed E-state index contributed by atoms with van der Waals surface area (Å²) in [6, 6.07) is 18.9. The molecule has 0 radical (unpaired) electrons. The normalized spacial score (nSPS) is 21.4. The molecule has 2 atom stereocenters. The predicted octanol–water partition coefficient (Wildman–Crippen LogP) is 3.68. The van der Waals surface area contributed by atoms with E-state index < -0.39 is 12.1 Å². The number of halogens is 3. The number of hydrogen-bond donors (Lipinski definition) is 2. The second-order valence-corrected chi connectivity index (χ2v) is 9.56. The van der Waals surface area contributed by atoms with Crippen LogP contribution in [0.25, 0.3) is 0 Å². The summed E-state index contributed by atoms with van der Waals surface area (Å²) in [5.41, 5.74) is 2.20. The third-order valence-corrected chi connectivity index (χ3v) is 6.73. The lowest BCUT2D eigenvalue weighted by Crippen LogP contribution is -2.64. The van der Waals surface area contributed by atoms with Crippen molar-refractivity contribution in [2.45, 2.75) is 43.8 Å². The molecule has 0 aromatic heterocycles. The maximum atomic E-state index is 12.4. The van der Waals surface area contributed by atoms with Gasteiger partial charge in [0.05, 0.1) is 25.3 Å². The van der Waals surface area contributed by atoms with Crippen LogP contribution in [-0.4, -0.2) is 85.8 Å². The first-order valence-corrected chi connectivity index (χ1v) is 12.8. The third-order valence-electron chi connectivity index (χ3n) is 6.73. The van der Waals surface area contributed by atoms with E-state index in [1.54, 1.807) is 4.90 Å². The Labute approximate surface area is 224 Å². The Bertz CT molecular complexity index is 1070. The fourth-order valence-electron chi connectivity index (χ4n) is 4.83. The highest BCUT2D eigenvalue weighted by Gasteiger charge is 2.38. The van der Waals surface area contributed by atoms with Gasteiger partial charge in [0.2, 0.25) is 0 Å². The van der Waals surface area contributed by atoms with Gasteiger partial charge in [-0.2, -0.15) is 13.2 Å². The van der Waals surface area contributed by atoms with Gasteiger partial charge in [0.1, 0.15) is 18.5 Å². The summed E-state index contributed by atoms with van der Waals surface area (Å²) in [5, 5.41) is 10.6. The van der Waals surface area contributed by atoms with E-state index in [4.69, 9.17) is 24.1 Å². The lowest BCUT2D eigenvalue weighted by atomic mass is 10.0. The number of carboxylic acids is 1. The molecule has 3 fully saturated rings. The quantitative estimate of drug-likeness (QED) is 0.581. The van der Waals surface area contributed by atoms with Gasteiger partial charge < -0.3 is 34.4 Å². The Morgan fingerprint density at radius 3 is 2.26 bits per heavy atom. The Hall–Kier alpha value is -3.51. The molecular weight excluding hydrogens is 519 g/mol. The Kier molecular flexibility index (Phi) is 9.52. The van der Waals surface area contributed by atoms with Crippen LogP contribution >= 0.6 is 0 Å². The summed E-state index contributed by atoms with van der Waals surface area (Å²) < 4.78 is 49.3. The van der Waals surface area contributed by atoms with Crippen molar-refractivity contribution in [1.29, 1.82) is 0 Å². The summed E-state index contributed by atoms with van der Waals surface area (Å²) in [4.78, 5) is 25.6. The van der Waals surface area contributed by atoms with Crippen molar-refractivity contribution >= 4 is 17.7 Å². The number of carbonyl (C=O) groups excluding carboxylic acids is 1. The maximum absolute atomic E-state index is 12.4. The van der Waals surface area contributed by atoms with E-state index in [0.29, 0.717) is 31.8 Å². The minimum absolute atomic E-state index is 0.106. The summed E-state index contributed by atoms with van der Waals surface area (Å²) in [6.45, 7) is 5.01. The molecule has 12 heteroatoms. The van der Waals surface area contributed by atoms with Crippen molar-refractivity contribution in [3.05, 3.63) is 60.2 Å².